The van der Waals surface area contributed by atoms with Crippen molar-refractivity contribution in [1.29, 1.82) is 0 Å². The number of nitrogens with one attached hydrogen (secondary N) is 1. The largest absolute Gasteiger partial charge is 0.354 e. The molecule has 0 heterocycles. The zero-order valence-electron chi connectivity index (χ0n) is 16.7. The Hall–Kier alpha value is -1.69. The van der Waals surface area contributed by atoms with E-state index in [-0.39, 0.29) is 24.1 Å². The van der Waals surface area contributed by atoms with Gasteiger partial charge in [-0.2, -0.15) is 0 Å². The predicted molar refractivity (Wildman–Crippen MR) is 122 cm³/mol. The van der Waals surface area contributed by atoms with Gasteiger partial charge in [-0.3, -0.25) is 9.59 Å². The summed E-state index contributed by atoms with van der Waals surface area (Å²) in [6, 6.07) is 14.4. The van der Waals surface area contributed by atoms with Gasteiger partial charge in [0.2, 0.25) is 11.8 Å². The molecule has 0 spiro atoms. The van der Waals surface area contributed by atoms with Gasteiger partial charge in [0.1, 0.15) is 6.04 Å². The van der Waals surface area contributed by atoms with E-state index in [9.17, 15) is 9.59 Å². The number of hydrogen-bond acceptors (Lipinski definition) is 3. The molecule has 0 aromatic heterocycles. The quantitative estimate of drug-likeness (QED) is 0.489. The lowest BCUT2D eigenvalue weighted by Gasteiger charge is -2.31. The lowest BCUT2D eigenvalue weighted by molar-refractivity contribution is -0.139. The zero-order chi connectivity index (χ0) is 21.2. The van der Waals surface area contributed by atoms with Gasteiger partial charge >= 0.3 is 0 Å². The average Bonchev–Trinajstić information content (AvgIpc) is 2.73. The summed E-state index contributed by atoms with van der Waals surface area (Å²) in [6.45, 7) is 4.65. The van der Waals surface area contributed by atoms with Gasteiger partial charge in [-0.25, -0.2) is 0 Å². The summed E-state index contributed by atoms with van der Waals surface area (Å²) < 4.78 is 0. The Morgan fingerprint density at radius 3 is 2.28 bits per heavy atom. The van der Waals surface area contributed by atoms with Crippen molar-refractivity contribution in [2.75, 3.05) is 12.3 Å². The monoisotopic (exact) mass is 452 g/mol. The van der Waals surface area contributed by atoms with E-state index < -0.39 is 6.04 Å². The molecule has 0 bridgehead atoms. The first-order valence-electron chi connectivity index (χ1n) is 9.65. The van der Waals surface area contributed by atoms with Crippen LogP contribution in [0.5, 0.6) is 0 Å². The van der Waals surface area contributed by atoms with E-state index >= 15 is 0 Å². The Morgan fingerprint density at radius 2 is 1.69 bits per heavy atom. The van der Waals surface area contributed by atoms with Crippen molar-refractivity contribution in [2.45, 2.75) is 44.2 Å². The molecule has 0 aliphatic rings. The Kier molecular flexibility index (Phi) is 9.85. The van der Waals surface area contributed by atoms with E-state index in [2.05, 4.69) is 5.32 Å². The first-order chi connectivity index (χ1) is 14.0. The number of hydrogen-bond donors (Lipinski definition) is 1. The van der Waals surface area contributed by atoms with E-state index in [0.717, 1.165) is 11.3 Å². The molecule has 0 aliphatic heterocycles. The van der Waals surface area contributed by atoms with Crippen LogP contribution in [0.2, 0.25) is 10.0 Å². The third-order valence-electron chi connectivity index (χ3n) is 4.43. The van der Waals surface area contributed by atoms with E-state index in [4.69, 9.17) is 23.2 Å². The topological polar surface area (TPSA) is 49.4 Å². The summed E-state index contributed by atoms with van der Waals surface area (Å²) in [5.41, 5.74) is 0.649. The fourth-order valence-corrected chi connectivity index (χ4v) is 4.21. The molecule has 7 heteroatoms. The number of halogens is 2. The third-order valence-corrected chi connectivity index (χ3v) is 6.14. The number of carbonyl (C=O) groups is 2. The van der Waals surface area contributed by atoms with E-state index in [1.54, 1.807) is 23.1 Å². The van der Waals surface area contributed by atoms with E-state index in [1.165, 1.54) is 11.8 Å². The van der Waals surface area contributed by atoms with Crippen LogP contribution in [0.15, 0.2) is 53.4 Å². The van der Waals surface area contributed by atoms with Gasteiger partial charge in [0.15, 0.2) is 0 Å². The van der Waals surface area contributed by atoms with Crippen molar-refractivity contribution in [3.05, 3.63) is 64.1 Å². The summed E-state index contributed by atoms with van der Waals surface area (Å²) >= 11 is 14.1. The average molecular weight is 453 g/mol. The molecule has 0 radical (unpaired) electrons. The van der Waals surface area contributed by atoms with Crippen LogP contribution in [0.3, 0.4) is 0 Å². The summed E-state index contributed by atoms with van der Waals surface area (Å²) in [6.07, 6.45) is 1.33. The number of carbonyl (C=O) groups excluding carboxylic acids is 2. The van der Waals surface area contributed by atoms with E-state index in [1.807, 2.05) is 44.2 Å². The van der Waals surface area contributed by atoms with Crippen molar-refractivity contribution >= 4 is 46.8 Å². The fraction of sp³-hybridized carbons (Fsp3) is 0.364. The molecule has 2 aromatic carbocycles. The molecular formula is C22H26Cl2N2O2S. The molecule has 2 amide bonds. The Morgan fingerprint density at radius 1 is 1.03 bits per heavy atom. The second kappa shape index (κ2) is 12.1. The molecule has 0 aliphatic carbocycles. The minimum atomic E-state index is -0.585. The molecule has 1 unspecified atom stereocenters. The number of amides is 2. The predicted octanol–water partition coefficient (Wildman–Crippen LogP) is 5.42. The van der Waals surface area contributed by atoms with Crippen LogP contribution >= 0.6 is 35.0 Å². The molecule has 156 valence electrons. The Bertz CT molecular complexity index is 797. The van der Waals surface area contributed by atoms with Crippen molar-refractivity contribution in [3.63, 3.8) is 0 Å². The minimum absolute atomic E-state index is 0.131. The maximum absolute atomic E-state index is 13.2. The van der Waals surface area contributed by atoms with Gasteiger partial charge in [0, 0.05) is 33.6 Å². The third kappa shape index (κ3) is 6.95. The normalized spacial score (nSPS) is 11.7. The van der Waals surface area contributed by atoms with Crippen molar-refractivity contribution in [1.82, 2.24) is 10.2 Å². The molecule has 29 heavy (non-hydrogen) atoms. The highest BCUT2D eigenvalue weighted by Crippen LogP contribution is 2.28. The highest BCUT2D eigenvalue weighted by molar-refractivity contribution is 8.00. The van der Waals surface area contributed by atoms with Crippen LogP contribution < -0.4 is 5.32 Å². The van der Waals surface area contributed by atoms with Gasteiger partial charge in [-0.15, -0.1) is 11.8 Å². The van der Waals surface area contributed by atoms with Crippen LogP contribution in [0.25, 0.3) is 0 Å². The molecule has 0 saturated heterocycles. The van der Waals surface area contributed by atoms with Crippen LogP contribution in [0, 0.1) is 0 Å². The number of thioether (sulfide) groups is 1. The minimum Gasteiger partial charge on any atom is -0.354 e. The SMILES string of the molecule is CCCNC(=O)C(CC)N(Cc1c(Cl)cccc1Cl)C(=O)CSc1ccccc1. The van der Waals surface area contributed by atoms with Gasteiger partial charge in [0.05, 0.1) is 5.75 Å². The van der Waals surface area contributed by atoms with Crippen LogP contribution in [0.1, 0.15) is 32.3 Å². The maximum Gasteiger partial charge on any atom is 0.242 e. The highest BCUT2D eigenvalue weighted by atomic mass is 35.5. The van der Waals surface area contributed by atoms with Gasteiger partial charge in [0.25, 0.3) is 0 Å². The molecular weight excluding hydrogens is 427 g/mol. The highest BCUT2D eigenvalue weighted by Gasteiger charge is 2.29. The maximum atomic E-state index is 13.2. The smallest absolute Gasteiger partial charge is 0.242 e. The molecule has 0 fully saturated rings. The van der Waals surface area contributed by atoms with Crippen molar-refractivity contribution in [3.8, 4) is 0 Å². The second-order valence-electron chi connectivity index (χ2n) is 6.54. The summed E-state index contributed by atoms with van der Waals surface area (Å²) in [5, 5.41) is 3.86. The molecule has 1 N–H and O–H groups in total. The van der Waals surface area contributed by atoms with Gasteiger partial charge in [-0.1, -0.05) is 61.3 Å². The summed E-state index contributed by atoms with van der Waals surface area (Å²) in [7, 11) is 0. The lowest BCUT2D eigenvalue weighted by atomic mass is 10.1. The fourth-order valence-electron chi connectivity index (χ4n) is 2.88. The Balaban J connectivity index is 2.25. The summed E-state index contributed by atoms with van der Waals surface area (Å²) in [5.74, 6) is -0.0622. The van der Waals surface area contributed by atoms with Crippen LogP contribution in [0.4, 0.5) is 0 Å². The number of benzene rings is 2. The van der Waals surface area contributed by atoms with Crippen LogP contribution in [-0.4, -0.2) is 35.1 Å². The van der Waals surface area contributed by atoms with Gasteiger partial charge < -0.3 is 10.2 Å². The van der Waals surface area contributed by atoms with Gasteiger partial charge in [-0.05, 0) is 37.1 Å². The Labute approximate surface area is 187 Å². The second-order valence-corrected chi connectivity index (χ2v) is 8.40. The number of rotatable bonds is 10. The summed E-state index contributed by atoms with van der Waals surface area (Å²) in [4.78, 5) is 28.5. The first kappa shape index (κ1) is 23.6. The van der Waals surface area contributed by atoms with Crippen molar-refractivity contribution in [2.24, 2.45) is 0 Å². The standard InChI is InChI=1S/C22H26Cl2N2O2S/c1-3-13-25-22(28)20(4-2)26(14-17-18(23)11-8-12-19(17)24)21(27)15-29-16-9-6-5-7-10-16/h5-12,20H,3-4,13-15H2,1-2H3,(H,25,28). The lowest BCUT2D eigenvalue weighted by Crippen LogP contribution is -2.49. The van der Waals surface area contributed by atoms with Crippen LogP contribution in [-0.2, 0) is 16.1 Å². The molecule has 2 aromatic rings. The van der Waals surface area contributed by atoms with Crippen molar-refractivity contribution < 1.29 is 9.59 Å². The molecule has 4 nitrogen and oxygen atoms in total. The van der Waals surface area contributed by atoms with E-state index in [0.29, 0.717) is 28.6 Å². The molecule has 2 rings (SSSR count). The number of nitrogens with zero attached hydrogens (tertiary/aromatic N) is 1. The molecule has 0 saturated carbocycles. The zero-order valence-corrected chi connectivity index (χ0v) is 19.0. The molecule has 1 atom stereocenters. The first-order valence-corrected chi connectivity index (χ1v) is 11.4.